The Morgan fingerprint density at radius 1 is 0.938 bits per heavy atom. The van der Waals surface area contributed by atoms with Gasteiger partial charge in [0.1, 0.15) is 5.75 Å². The summed E-state index contributed by atoms with van der Waals surface area (Å²) in [4.78, 5) is 11.5. The predicted molar refractivity (Wildman–Crippen MR) is 140 cm³/mol. The number of phenols is 1. The summed E-state index contributed by atoms with van der Waals surface area (Å²) in [6.45, 7) is 8.77. The van der Waals surface area contributed by atoms with Gasteiger partial charge in [0.05, 0.1) is 18.9 Å². The molecule has 2 aromatic rings. The van der Waals surface area contributed by atoms with Crippen molar-refractivity contribution in [2.45, 2.75) is 13.1 Å². The van der Waals surface area contributed by atoms with Gasteiger partial charge in [-0.25, -0.2) is 0 Å². The number of aliphatic imine (C=N–C) groups is 1. The number of nitrogens with one attached hydrogen (secondary N) is 1. The van der Waals surface area contributed by atoms with E-state index in [0.717, 1.165) is 77.2 Å². The zero-order valence-electron chi connectivity index (χ0n) is 18.7. The van der Waals surface area contributed by atoms with E-state index in [1.165, 1.54) is 11.1 Å². The molecule has 7 nitrogen and oxygen atoms in total. The number of nitrogens with zero attached hydrogens (tertiary/aromatic N) is 4. The number of benzene rings is 2. The normalized spacial score (nSPS) is 17.7. The molecule has 174 valence electrons. The van der Waals surface area contributed by atoms with Gasteiger partial charge in [0, 0.05) is 59.4 Å². The zero-order chi connectivity index (χ0) is 21.5. The summed E-state index contributed by atoms with van der Waals surface area (Å²) in [5.74, 6) is 1.27. The molecule has 0 atom stereocenters. The predicted octanol–water partition coefficient (Wildman–Crippen LogP) is 2.74. The second-order valence-electron chi connectivity index (χ2n) is 8.02. The number of para-hydroxylation sites is 2. The van der Waals surface area contributed by atoms with Gasteiger partial charge in [0.2, 0.25) is 0 Å². The summed E-state index contributed by atoms with van der Waals surface area (Å²) in [6.07, 6.45) is 0. The minimum atomic E-state index is 0. The second kappa shape index (κ2) is 12.3. The highest BCUT2D eigenvalue weighted by Crippen LogP contribution is 2.27. The third kappa shape index (κ3) is 6.26. The number of morpholine rings is 1. The Labute approximate surface area is 208 Å². The smallest absolute Gasteiger partial charge is 0.194 e. The number of hydrogen-bond donors (Lipinski definition) is 2. The number of rotatable bonds is 5. The number of piperazine rings is 1. The first-order valence-corrected chi connectivity index (χ1v) is 11.1. The lowest BCUT2D eigenvalue weighted by atomic mass is 10.1. The summed E-state index contributed by atoms with van der Waals surface area (Å²) in [6, 6.07) is 16.2. The molecule has 0 radical (unpaired) electrons. The Balaban J connectivity index is 0.00000289. The molecule has 0 unspecified atom stereocenters. The van der Waals surface area contributed by atoms with E-state index in [-0.39, 0.29) is 24.0 Å². The van der Waals surface area contributed by atoms with E-state index >= 15 is 0 Å². The van der Waals surface area contributed by atoms with Crippen LogP contribution in [-0.2, 0) is 17.8 Å². The van der Waals surface area contributed by atoms with E-state index < -0.39 is 0 Å². The first-order chi connectivity index (χ1) is 15.2. The molecule has 0 saturated carbocycles. The first kappa shape index (κ1) is 24.6. The molecule has 0 spiro atoms. The number of aromatic hydroxyl groups is 1. The van der Waals surface area contributed by atoms with Gasteiger partial charge < -0.3 is 25.0 Å². The molecule has 2 aliphatic rings. The topological polar surface area (TPSA) is 63.6 Å². The maximum absolute atomic E-state index is 10.1. The van der Waals surface area contributed by atoms with Crippen molar-refractivity contribution in [2.75, 3.05) is 64.4 Å². The molecular formula is C24H34IN5O2. The zero-order valence-corrected chi connectivity index (χ0v) is 21.1. The number of halogens is 1. The van der Waals surface area contributed by atoms with Crippen LogP contribution in [0.25, 0.3) is 0 Å². The molecule has 2 heterocycles. The Hall–Kier alpha value is -2.04. The van der Waals surface area contributed by atoms with Crippen LogP contribution in [0.4, 0.5) is 5.69 Å². The third-order valence-electron chi connectivity index (χ3n) is 6.07. The third-order valence-corrected chi connectivity index (χ3v) is 6.07. The van der Waals surface area contributed by atoms with E-state index in [1.807, 2.05) is 25.2 Å². The lowest BCUT2D eigenvalue weighted by molar-refractivity contribution is 0.0341. The molecule has 0 bridgehead atoms. The second-order valence-corrected chi connectivity index (χ2v) is 8.02. The van der Waals surface area contributed by atoms with Crippen LogP contribution in [0, 0.1) is 0 Å². The average Bonchev–Trinajstić information content (AvgIpc) is 2.82. The van der Waals surface area contributed by atoms with Crippen LogP contribution in [0.3, 0.4) is 0 Å². The summed E-state index contributed by atoms with van der Waals surface area (Å²) in [7, 11) is 1.84. The molecule has 8 heteroatoms. The van der Waals surface area contributed by atoms with Gasteiger partial charge in [0.15, 0.2) is 5.96 Å². The highest BCUT2D eigenvalue weighted by molar-refractivity contribution is 14.0. The molecule has 2 fully saturated rings. The van der Waals surface area contributed by atoms with Crippen LogP contribution in [0.1, 0.15) is 11.1 Å². The van der Waals surface area contributed by atoms with Gasteiger partial charge in [-0.1, -0.05) is 36.4 Å². The Morgan fingerprint density at radius 2 is 1.59 bits per heavy atom. The van der Waals surface area contributed by atoms with Crippen molar-refractivity contribution >= 4 is 35.6 Å². The molecule has 2 saturated heterocycles. The van der Waals surface area contributed by atoms with Crippen LogP contribution in [0.15, 0.2) is 53.5 Å². The van der Waals surface area contributed by atoms with E-state index in [9.17, 15) is 5.11 Å². The summed E-state index contributed by atoms with van der Waals surface area (Å²) in [5.41, 5.74) is 3.57. The van der Waals surface area contributed by atoms with Crippen LogP contribution in [0.5, 0.6) is 5.75 Å². The van der Waals surface area contributed by atoms with E-state index in [0.29, 0.717) is 5.75 Å². The number of guanidine groups is 1. The molecule has 0 aliphatic carbocycles. The van der Waals surface area contributed by atoms with Crippen molar-refractivity contribution < 1.29 is 9.84 Å². The molecular weight excluding hydrogens is 517 g/mol. The monoisotopic (exact) mass is 551 g/mol. The maximum atomic E-state index is 10.1. The first-order valence-electron chi connectivity index (χ1n) is 11.1. The van der Waals surface area contributed by atoms with E-state index in [4.69, 9.17) is 4.74 Å². The molecule has 2 aliphatic heterocycles. The molecule has 2 N–H and O–H groups in total. The Bertz CT molecular complexity index is 880. The summed E-state index contributed by atoms with van der Waals surface area (Å²) < 4.78 is 5.48. The highest BCUT2D eigenvalue weighted by Gasteiger charge is 2.21. The fourth-order valence-corrected chi connectivity index (χ4v) is 4.28. The lowest BCUT2D eigenvalue weighted by Gasteiger charge is -2.38. The summed E-state index contributed by atoms with van der Waals surface area (Å²) in [5, 5.41) is 13.7. The molecule has 32 heavy (non-hydrogen) atoms. The molecule has 2 aromatic carbocycles. The number of anilines is 1. The van der Waals surface area contributed by atoms with Crippen LogP contribution in [0.2, 0.25) is 0 Å². The van der Waals surface area contributed by atoms with E-state index in [1.54, 1.807) is 6.07 Å². The van der Waals surface area contributed by atoms with Crippen LogP contribution in [-0.4, -0.2) is 80.4 Å². The van der Waals surface area contributed by atoms with Crippen molar-refractivity contribution in [3.63, 3.8) is 0 Å². The van der Waals surface area contributed by atoms with Crippen molar-refractivity contribution in [3.8, 4) is 5.75 Å². The molecule has 4 rings (SSSR count). The quantitative estimate of drug-likeness (QED) is 0.339. The van der Waals surface area contributed by atoms with Crippen molar-refractivity contribution in [2.24, 2.45) is 4.99 Å². The highest BCUT2D eigenvalue weighted by atomic mass is 127. The van der Waals surface area contributed by atoms with Crippen molar-refractivity contribution in [1.29, 1.82) is 0 Å². The van der Waals surface area contributed by atoms with E-state index in [2.05, 4.69) is 49.3 Å². The van der Waals surface area contributed by atoms with Crippen LogP contribution < -0.4 is 10.2 Å². The minimum Gasteiger partial charge on any atom is -0.506 e. The van der Waals surface area contributed by atoms with Gasteiger partial charge >= 0.3 is 0 Å². The average molecular weight is 551 g/mol. The van der Waals surface area contributed by atoms with Gasteiger partial charge in [0.25, 0.3) is 0 Å². The summed E-state index contributed by atoms with van der Waals surface area (Å²) >= 11 is 0. The number of phenolic OH excluding ortho intramolecular Hbond substituents is 1. The molecule has 0 aromatic heterocycles. The van der Waals surface area contributed by atoms with Crippen molar-refractivity contribution in [1.82, 2.24) is 15.1 Å². The fraction of sp³-hybridized carbons (Fsp3) is 0.458. The Morgan fingerprint density at radius 3 is 2.28 bits per heavy atom. The standard InChI is InChI=1S/C24H33N5O2.HI/c1-25-24(29-12-10-28(11-13-29)22-8-4-5-9-23(22)30)26-18-20-6-2-3-7-21(20)19-27-14-16-31-17-15-27;/h2-9,30H,10-19H2,1H3,(H,25,26);1H. The number of hydrogen-bond acceptors (Lipinski definition) is 5. The van der Waals surface area contributed by atoms with Crippen molar-refractivity contribution in [3.05, 3.63) is 59.7 Å². The maximum Gasteiger partial charge on any atom is 0.194 e. The van der Waals surface area contributed by atoms with Gasteiger partial charge in [-0.15, -0.1) is 24.0 Å². The SMILES string of the molecule is CN=C(NCc1ccccc1CN1CCOCC1)N1CCN(c2ccccc2O)CC1.I. The fourth-order valence-electron chi connectivity index (χ4n) is 4.28. The Kier molecular flexibility index (Phi) is 9.43. The minimum absolute atomic E-state index is 0. The van der Waals surface area contributed by atoms with Gasteiger partial charge in [-0.3, -0.25) is 9.89 Å². The van der Waals surface area contributed by atoms with Gasteiger partial charge in [-0.2, -0.15) is 0 Å². The number of ether oxygens (including phenoxy) is 1. The molecule has 0 amide bonds. The van der Waals surface area contributed by atoms with Gasteiger partial charge in [-0.05, 0) is 23.3 Å². The van der Waals surface area contributed by atoms with Crippen LogP contribution >= 0.6 is 24.0 Å². The largest absolute Gasteiger partial charge is 0.506 e. The lowest BCUT2D eigenvalue weighted by Crippen LogP contribution is -2.52.